The van der Waals surface area contributed by atoms with Gasteiger partial charge in [-0.3, -0.25) is 4.79 Å². The van der Waals surface area contributed by atoms with Crippen molar-refractivity contribution in [1.82, 2.24) is 4.98 Å². The molecule has 0 aliphatic carbocycles. The summed E-state index contributed by atoms with van der Waals surface area (Å²) in [5, 5.41) is 2.93. The van der Waals surface area contributed by atoms with Crippen molar-refractivity contribution in [2.24, 2.45) is 0 Å². The molecule has 3 rings (SSSR count). The third-order valence-electron chi connectivity index (χ3n) is 3.52. The summed E-state index contributed by atoms with van der Waals surface area (Å²) < 4.78 is 44.9. The average Bonchev–Trinajstić information content (AvgIpc) is 2.64. The lowest BCUT2D eigenvalue weighted by Crippen LogP contribution is -2.19. The fourth-order valence-corrected chi connectivity index (χ4v) is 2.43. The number of anilines is 1. The molecule has 0 bridgehead atoms. The molecule has 27 heavy (non-hydrogen) atoms. The number of alkyl halides is 3. The summed E-state index contributed by atoms with van der Waals surface area (Å²) in [5.41, 5.74) is -1.38. The van der Waals surface area contributed by atoms with Crippen molar-refractivity contribution < 1.29 is 22.7 Å². The lowest BCUT2D eigenvalue weighted by molar-refractivity contribution is -0.137. The van der Waals surface area contributed by atoms with E-state index in [0.29, 0.717) is 10.8 Å². The highest BCUT2D eigenvalue weighted by Crippen LogP contribution is 2.33. The second-order valence-electron chi connectivity index (χ2n) is 5.41. The van der Waals surface area contributed by atoms with Gasteiger partial charge in [0.2, 0.25) is 5.88 Å². The van der Waals surface area contributed by atoms with Gasteiger partial charge >= 0.3 is 6.18 Å². The number of halogens is 4. The highest BCUT2D eigenvalue weighted by atomic mass is 35.5. The zero-order chi connectivity index (χ0) is 19.4. The summed E-state index contributed by atoms with van der Waals surface area (Å²) in [7, 11) is 0. The van der Waals surface area contributed by atoms with Gasteiger partial charge in [0.15, 0.2) is 0 Å². The zero-order valence-corrected chi connectivity index (χ0v) is 14.4. The van der Waals surface area contributed by atoms with Crippen molar-refractivity contribution in [2.75, 3.05) is 5.32 Å². The van der Waals surface area contributed by atoms with Crippen LogP contribution < -0.4 is 10.1 Å². The van der Waals surface area contributed by atoms with Crippen LogP contribution in [-0.4, -0.2) is 10.9 Å². The van der Waals surface area contributed by atoms with Crippen molar-refractivity contribution in [2.45, 2.75) is 6.18 Å². The Morgan fingerprint density at radius 1 is 1.00 bits per heavy atom. The van der Waals surface area contributed by atoms with Crippen LogP contribution in [0.3, 0.4) is 0 Å². The van der Waals surface area contributed by atoms with Crippen molar-refractivity contribution in [3.63, 3.8) is 0 Å². The Bertz CT molecular complexity index is 960. The van der Waals surface area contributed by atoms with Crippen molar-refractivity contribution in [1.29, 1.82) is 0 Å². The van der Waals surface area contributed by atoms with E-state index in [-0.39, 0.29) is 11.6 Å². The van der Waals surface area contributed by atoms with E-state index in [1.807, 2.05) is 0 Å². The van der Waals surface area contributed by atoms with Gasteiger partial charge in [-0.2, -0.15) is 13.2 Å². The van der Waals surface area contributed by atoms with E-state index >= 15 is 0 Å². The van der Waals surface area contributed by atoms with Crippen LogP contribution in [0.2, 0.25) is 5.02 Å². The molecule has 1 heterocycles. The first kappa shape index (κ1) is 18.7. The normalized spacial score (nSPS) is 11.1. The minimum Gasteiger partial charge on any atom is -0.437 e. The molecule has 138 valence electrons. The van der Waals surface area contributed by atoms with E-state index in [2.05, 4.69) is 10.3 Å². The number of ether oxygens (including phenoxy) is 1. The number of nitrogens with zero attached hydrogens (tertiary/aromatic N) is 1. The number of aromatic nitrogens is 1. The maximum atomic E-state index is 13.1. The molecular weight excluding hydrogens is 381 g/mol. The summed E-state index contributed by atoms with van der Waals surface area (Å²) >= 11 is 5.81. The number of amides is 1. The van der Waals surface area contributed by atoms with Gasteiger partial charge in [-0.05, 0) is 48.5 Å². The van der Waals surface area contributed by atoms with Gasteiger partial charge in [0, 0.05) is 11.2 Å². The van der Waals surface area contributed by atoms with Crippen LogP contribution in [-0.2, 0) is 6.18 Å². The number of nitrogens with one attached hydrogen (secondary N) is 1. The van der Waals surface area contributed by atoms with Gasteiger partial charge in [0.05, 0.1) is 11.1 Å². The minimum atomic E-state index is -4.65. The second kappa shape index (κ2) is 7.67. The highest BCUT2D eigenvalue weighted by molar-refractivity contribution is 6.30. The molecule has 0 unspecified atom stereocenters. The molecule has 1 N–H and O–H groups in total. The largest absolute Gasteiger partial charge is 0.437 e. The van der Waals surface area contributed by atoms with Crippen LogP contribution in [0.15, 0.2) is 66.9 Å². The zero-order valence-electron chi connectivity index (χ0n) is 13.6. The first-order chi connectivity index (χ1) is 12.8. The molecule has 3 aromatic rings. The molecule has 0 fully saturated rings. The molecule has 0 radical (unpaired) electrons. The van der Waals surface area contributed by atoms with Crippen LogP contribution in [0.25, 0.3) is 0 Å². The van der Waals surface area contributed by atoms with E-state index in [9.17, 15) is 18.0 Å². The number of pyridine rings is 1. The average molecular weight is 393 g/mol. The Labute approximate surface area is 157 Å². The van der Waals surface area contributed by atoms with Crippen LogP contribution in [0.4, 0.5) is 18.9 Å². The molecule has 8 heteroatoms. The third-order valence-corrected chi connectivity index (χ3v) is 3.78. The van der Waals surface area contributed by atoms with E-state index in [4.69, 9.17) is 16.3 Å². The lowest BCUT2D eigenvalue weighted by Gasteiger charge is -2.14. The Hall–Kier alpha value is -3.06. The summed E-state index contributed by atoms with van der Waals surface area (Å²) in [5.74, 6) is -0.473. The molecule has 0 saturated carbocycles. The fraction of sp³-hybridized carbons (Fsp3) is 0.0526. The smallest absolute Gasteiger partial charge is 0.417 e. The van der Waals surface area contributed by atoms with Crippen LogP contribution in [0, 0.1) is 0 Å². The van der Waals surface area contributed by atoms with E-state index in [1.165, 1.54) is 30.5 Å². The summed E-state index contributed by atoms with van der Waals surface area (Å²) in [4.78, 5) is 16.4. The number of carbonyl (C=O) groups is 1. The molecule has 0 spiro atoms. The van der Waals surface area contributed by atoms with E-state index in [0.717, 1.165) is 12.1 Å². The topological polar surface area (TPSA) is 51.2 Å². The van der Waals surface area contributed by atoms with Gasteiger partial charge in [0.1, 0.15) is 11.4 Å². The monoisotopic (exact) mass is 392 g/mol. The Morgan fingerprint density at radius 3 is 2.41 bits per heavy atom. The lowest BCUT2D eigenvalue weighted by atomic mass is 10.1. The molecule has 1 aromatic heterocycles. The van der Waals surface area contributed by atoms with E-state index < -0.39 is 23.2 Å². The first-order valence-corrected chi connectivity index (χ1v) is 8.08. The number of carbonyl (C=O) groups excluding carboxylic acids is 1. The molecule has 4 nitrogen and oxygen atoms in total. The summed E-state index contributed by atoms with van der Waals surface area (Å²) in [6, 6.07) is 14.0. The van der Waals surface area contributed by atoms with Gasteiger partial charge < -0.3 is 10.1 Å². The van der Waals surface area contributed by atoms with Crippen LogP contribution in [0.5, 0.6) is 11.6 Å². The summed E-state index contributed by atoms with van der Waals surface area (Å²) in [6.45, 7) is 0. The first-order valence-electron chi connectivity index (χ1n) is 7.70. The van der Waals surface area contributed by atoms with Crippen molar-refractivity contribution in [3.8, 4) is 11.6 Å². The molecule has 0 aliphatic rings. The Morgan fingerprint density at radius 2 is 1.70 bits per heavy atom. The number of benzene rings is 2. The quantitative estimate of drug-likeness (QED) is 0.610. The predicted molar refractivity (Wildman–Crippen MR) is 95.2 cm³/mol. The molecule has 2 aromatic carbocycles. The predicted octanol–water partition coefficient (Wildman–Crippen LogP) is 5.80. The maximum absolute atomic E-state index is 13.1. The SMILES string of the molecule is O=C(Nc1cccnc1Oc1ccc(Cl)cc1)c1ccccc1C(F)(F)F. The molecular formula is C19H12ClF3N2O2. The molecule has 0 aliphatic heterocycles. The van der Waals surface area contributed by atoms with Crippen LogP contribution >= 0.6 is 11.6 Å². The number of hydrogen-bond acceptors (Lipinski definition) is 3. The van der Waals surface area contributed by atoms with Gasteiger partial charge in [-0.25, -0.2) is 4.98 Å². The van der Waals surface area contributed by atoms with Gasteiger partial charge in [-0.15, -0.1) is 0 Å². The Kier molecular flexibility index (Phi) is 5.32. The summed E-state index contributed by atoms with van der Waals surface area (Å²) in [6.07, 6.45) is -3.21. The Balaban J connectivity index is 1.87. The molecule has 1 amide bonds. The standard InChI is InChI=1S/C19H12ClF3N2O2/c20-12-7-9-13(10-8-12)27-18-16(6-3-11-24-18)25-17(26)14-4-1-2-5-15(14)19(21,22)23/h1-11H,(H,25,26). The maximum Gasteiger partial charge on any atom is 0.417 e. The second-order valence-corrected chi connectivity index (χ2v) is 5.85. The van der Waals surface area contributed by atoms with E-state index in [1.54, 1.807) is 24.3 Å². The van der Waals surface area contributed by atoms with Gasteiger partial charge in [0.25, 0.3) is 5.91 Å². The van der Waals surface area contributed by atoms with Crippen molar-refractivity contribution >= 4 is 23.2 Å². The number of rotatable bonds is 4. The minimum absolute atomic E-state index is 0.0395. The molecule has 0 saturated heterocycles. The highest BCUT2D eigenvalue weighted by Gasteiger charge is 2.35. The fourth-order valence-electron chi connectivity index (χ4n) is 2.30. The third kappa shape index (κ3) is 4.57. The van der Waals surface area contributed by atoms with Crippen molar-refractivity contribution in [3.05, 3.63) is 83.0 Å². The van der Waals surface area contributed by atoms with Crippen LogP contribution in [0.1, 0.15) is 15.9 Å². The number of hydrogen-bond donors (Lipinski definition) is 1. The molecule has 0 atom stereocenters. The van der Waals surface area contributed by atoms with Gasteiger partial charge in [-0.1, -0.05) is 23.7 Å².